The largest absolute Gasteiger partial charge is 0.418 e. The Labute approximate surface area is 151 Å². The lowest BCUT2D eigenvalue weighted by Gasteiger charge is -2.38. The Morgan fingerprint density at radius 2 is 1.84 bits per heavy atom. The minimum atomic E-state index is 0.139. The van der Waals surface area contributed by atoms with E-state index in [1.54, 1.807) is 11.3 Å². The van der Waals surface area contributed by atoms with E-state index in [2.05, 4.69) is 58.1 Å². The minimum absolute atomic E-state index is 0.139. The van der Waals surface area contributed by atoms with Gasteiger partial charge in [-0.2, -0.15) is 0 Å². The van der Waals surface area contributed by atoms with Crippen LogP contribution in [0, 0.1) is 6.92 Å². The summed E-state index contributed by atoms with van der Waals surface area (Å²) >= 11 is 1.62. The smallest absolute Gasteiger partial charge is 0.257 e. The van der Waals surface area contributed by atoms with Crippen LogP contribution >= 0.6 is 11.3 Å². The summed E-state index contributed by atoms with van der Waals surface area (Å²) in [6.45, 7) is 8.34. The molecule has 0 radical (unpaired) electrons. The molecule has 130 valence electrons. The van der Waals surface area contributed by atoms with Crippen LogP contribution in [0.5, 0.6) is 0 Å². The summed E-state index contributed by atoms with van der Waals surface area (Å²) < 4.78 is 5.91. The molecule has 2 aromatic heterocycles. The molecule has 1 aliphatic heterocycles. The van der Waals surface area contributed by atoms with E-state index in [-0.39, 0.29) is 6.04 Å². The molecule has 4 rings (SSSR count). The Bertz CT molecular complexity index is 822. The monoisotopic (exact) mass is 354 g/mol. The number of rotatable bonds is 4. The highest BCUT2D eigenvalue weighted by molar-refractivity contribution is 7.13. The minimum Gasteiger partial charge on any atom is -0.418 e. The Morgan fingerprint density at radius 3 is 2.56 bits per heavy atom. The molecule has 1 aromatic carbocycles. The van der Waals surface area contributed by atoms with Gasteiger partial charge in [-0.1, -0.05) is 24.3 Å². The van der Waals surface area contributed by atoms with E-state index in [0.717, 1.165) is 31.1 Å². The van der Waals surface area contributed by atoms with Gasteiger partial charge in [0.1, 0.15) is 0 Å². The van der Waals surface area contributed by atoms with Gasteiger partial charge in [0, 0.05) is 31.9 Å². The van der Waals surface area contributed by atoms with Crippen LogP contribution in [0.1, 0.15) is 24.4 Å². The second kappa shape index (κ2) is 6.98. The van der Waals surface area contributed by atoms with Gasteiger partial charge in [-0.3, -0.25) is 4.90 Å². The first-order valence-electron chi connectivity index (χ1n) is 8.64. The molecule has 6 heteroatoms. The van der Waals surface area contributed by atoms with Crippen molar-refractivity contribution >= 4 is 17.0 Å². The third-order valence-corrected chi connectivity index (χ3v) is 5.71. The first kappa shape index (κ1) is 16.3. The molecule has 0 amide bonds. The number of nitrogens with zero attached hydrogens (tertiary/aromatic N) is 4. The summed E-state index contributed by atoms with van der Waals surface area (Å²) in [6.07, 6.45) is 0. The third-order valence-electron chi connectivity index (χ3n) is 4.85. The Kier molecular flexibility index (Phi) is 4.55. The topological polar surface area (TPSA) is 45.4 Å². The molecular formula is C19H22N4OS. The summed E-state index contributed by atoms with van der Waals surface area (Å²) in [7, 11) is 0. The zero-order valence-electron chi connectivity index (χ0n) is 14.6. The number of aromatic nitrogens is 2. The zero-order chi connectivity index (χ0) is 17.2. The van der Waals surface area contributed by atoms with Crippen molar-refractivity contribution in [1.82, 2.24) is 15.1 Å². The summed E-state index contributed by atoms with van der Waals surface area (Å²) in [5, 5.41) is 10.5. The van der Waals surface area contributed by atoms with Crippen LogP contribution in [0.4, 0.5) is 5.69 Å². The second-order valence-electron chi connectivity index (χ2n) is 6.41. The van der Waals surface area contributed by atoms with Crippen LogP contribution in [0.25, 0.3) is 10.8 Å². The maximum atomic E-state index is 5.91. The van der Waals surface area contributed by atoms with Gasteiger partial charge >= 0.3 is 0 Å². The molecule has 0 spiro atoms. The number of hydrogen-bond acceptors (Lipinski definition) is 6. The Hall–Kier alpha value is -2.18. The summed E-state index contributed by atoms with van der Waals surface area (Å²) in [6, 6.07) is 12.7. The first-order valence-corrected chi connectivity index (χ1v) is 9.52. The fourth-order valence-electron chi connectivity index (χ4n) is 3.33. The van der Waals surface area contributed by atoms with Gasteiger partial charge in [0.05, 0.1) is 10.9 Å². The van der Waals surface area contributed by atoms with Crippen molar-refractivity contribution in [1.29, 1.82) is 0 Å². The Morgan fingerprint density at radius 1 is 1.04 bits per heavy atom. The van der Waals surface area contributed by atoms with Gasteiger partial charge in [-0.05, 0) is 36.9 Å². The molecule has 1 fully saturated rings. The fourth-order valence-corrected chi connectivity index (χ4v) is 3.97. The molecule has 0 saturated carbocycles. The maximum absolute atomic E-state index is 5.91. The molecule has 1 atom stereocenters. The standard InChI is InChI=1S/C19H22N4OS/c1-14-6-3-4-7-16(14)23-11-9-22(10-12-23)15(2)18-20-21-19(24-18)17-8-5-13-25-17/h3-8,13,15H,9-12H2,1-2H3/t15-/m1/s1. The molecule has 1 aliphatic rings. The van der Waals surface area contributed by atoms with E-state index in [4.69, 9.17) is 4.42 Å². The lowest BCUT2D eigenvalue weighted by Crippen LogP contribution is -2.47. The average molecular weight is 354 g/mol. The molecule has 1 saturated heterocycles. The maximum Gasteiger partial charge on any atom is 0.257 e. The lowest BCUT2D eigenvalue weighted by molar-refractivity contribution is 0.173. The van der Waals surface area contributed by atoms with E-state index in [0.29, 0.717) is 11.8 Å². The predicted molar refractivity (Wildman–Crippen MR) is 101 cm³/mol. The molecule has 3 aromatic rings. The second-order valence-corrected chi connectivity index (χ2v) is 7.36. The van der Waals surface area contributed by atoms with Crippen molar-refractivity contribution in [3.8, 4) is 10.8 Å². The van der Waals surface area contributed by atoms with Crippen molar-refractivity contribution < 1.29 is 4.42 Å². The number of piperazine rings is 1. The molecular weight excluding hydrogens is 332 g/mol. The summed E-state index contributed by atoms with van der Waals surface area (Å²) in [4.78, 5) is 5.90. The van der Waals surface area contributed by atoms with Crippen LogP contribution in [0.3, 0.4) is 0 Å². The highest BCUT2D eigenvalue weighted by Crippen LogP contribution is 2.28. The zero-order valence-corrected chi connectivity index (χ0v) is 15.4. The van der Waals surface area contributed by atoms with E-state index in [9.17, 15) is 0 Å². The quantitative estimate of drug-likeness (QED) is 0.709. The van der Waals surface area contributed by atoms with Gasteiger partial charge in [-0.15, -0.1) is 21.5 Å². The fraction of sp³-hybridized carbons (Fsp3) is 0.368. The van der Waals surface area contributed by atoms with Crippen molar-refractivity contribution in [2.45, 2.75) is 19.9 Å². The van der Waals surface area contributed by atoms with Gasteiger partial charge in [0.25, 0.3) is 5.89 Å². The van der Waals surface area contributed by atoms with Crippen LogP contribution in [-0.4, -0.2) is 41.3 Å². The molecule has 25 heavy (non-hydrogen) atoms. The van der Waals surface area contributed by atoms with Crippen LogP contribution in [0.2, 0.25) is 0 Å². The highest BCUT2D eigenvalue weighted by Gasteiger charge is 2.26. The van der Waals surface area contributed by atoms with Gasteiger partial charge in [0.15, 0.2) is 0 Å². The van der Waals surface area contributed by atoms with Crippen LogP contribution < -0.4 is 4.90 Å². The van der Waals surface area contributed by atoms with Gasteiger partial charge in [0.2, 0.25) is 5.89 Å². The molecule has 3 heterocycles. The highest BCUT2D eigenvalue weighted by atomic mass is 32.1. The average Bonchev–Trinajstić information content (AvgIpc) is 3.33. The van der Waals surface area contributed by atoms with E-state index in [1.807, 2.05) is 17.5 Å². The van der Waals surface area contributed by atoms with Gasteiger partial charge in [-0.25, -0.2) is 0 Å². The number of para-hydroxylation sites is 1. The van der Waals surface area contributed by atoms with E-state index < -0.39 is 0 Å². The third kappa shape index (κ3) is 3.32. The van der Waals surface area contributed by atoms with Crippen molar-refractivity contribution in [2.24, 2.45) is 0 Å². The van der Waals surface area contributed by atoms with Crippen LogP contribution in [0.15, 0.2) is 46.2 Å². The Balaban J connectivity index is 1.41. The molecule has 0 bridgehead atoms. The molecule has 5 nitrogen and oxygen atoms in total. The first-order chi connectivity index (χ1) is 12.2. The summed E-state index contributed by atoms with van der Waals surface area (Å²) in [5.41, 5.74) is 2.68. The molecule has 0 aliphatic carbocycles. The number of aryl methyl sites for hydroxylation is 1. The van der Waals surface area contributed by atoms with Gasteiger partial charge < -0.3 is 9.32 Å². The number of anilines is 1. The van der Waals surface area contributed by atoms with Crippen LogP contribution in [-0.2, 0) is 0 Å². The number of hydrogen-bond donors (Lipinski definition) is 0. The lowest BCUT2D eigenvalue weighted by atomic mass is 10.1. The van der Waals surface area contributed by atoms with E-state index in [1.165, 1.54) is 11.3 Å². The van der Waals surface area contributed by atoms with Crippen molar-refractivity contribution in [3.63, 3.8) is 0 Å². The summed E-state index contributed by atoms with van der Waals surface area (Å²) in [5.74, 6) is 1.32. The predicted octanol–water partition coefficient (Wildman–Crippen LogP) is 3.99. The van der Waals surface area contributed by atoms with Crippen molar-refractivity contribution in [2.75, 3.05) is 31.1 Å². The number of thiophene rings is 1. The SMILES string of the molecule is Cc1ccccc1N1CCN([C@H](C)c2nnc(-c3cccs3)o2)CC1. The van der Waals surface area contributed by atoms with Crippen molar-refractivity contribution in [3.05, 3.63) is 53.2 Å². The molecule has 0 unspecified atom stereocenters. The normalized spacial score (nSPS) is 17.0. The van der Waals surface area contributed by atoms with E-state index >= 15 is 0 Å². The molecule has 0 N–H and O–H groups in total. The number of benzene rings is 1.